The van der Waals surface area contributed by atoms with Crippen molar-refractivity contribution in [3.05, 3.63) is 47.0 Å². The second kappa shape index (κ2) is 7.58. The van der Waals surface area contributed by atoms with Crippen LogP contribution in [-0.4, -0.2) is 33.2 Å². The molecule has 3 rings (SSSR count). The Morgan fingerprint density at radius 1 is 1.14 bits per heavy atom. The number of aromatic hydroxyl groups is 1. The van der Waals surface area contributed by atoms with Gasteiger partial charge in [0.2, 0.25) is 0 Å². The van der Waals surface area contributed by atoms with Crippen LogP contribution in [0.3, 0.4) is 0 Å². The minimum Gasteiger partial charge on any atom is -0.505 e. The average molecular weight is 385 g/mol. The van der Waals surface area contributed by atoms with Crippen molar-refractivity contribution in [1.82, 2.24) is 15.0 Å². The smallest absolute Gasteiger partial charge is 0.305 e. The third-order valence-electron chi connectivity index (χ3n) is 4.62. The molecule has 148 valence electrons. The zero-order chi connectivity index (χ0) is 20.5. The third-order valence-corrected chi connectivity index (χ3v) is 4.62. The largest absolute Gasteiger partial charge is 0.505 e. The number of ether oxygens (including phenoxy) is 1. The molecule has 6 nitrogen and oxygen atoms in total. The lowest BCUT2D eigenvalue weighted by Gasteiger charge is -2.23. The fourth-order valence-corrected chi connectivity index (χ4v) is 3.05. The minimum absolute atomic E-state index is 0.0836. The fraction of sp³-hybridized carbons (Fsp3) is 0.381. The Kier molecular flexibility index (Phi) is 5.36. The fourth-order valence-electron chi connectivity index (χ4n) is 3.05. The Morgan fingerprint density at radius 2 is 1.86 bits per heavy atom. The third kappa shape index (κ3) is 3.98. The van der Waals surface area contributed by atoms with Gasteiger partial charge in [-0.15, -0.1) is 15.0 Å². The number of fused-ring (bicyclic) bond motifs is 1. The van der Waals surface area contributed by atoms with Crippen LogP contribution in [0.2, 0.25) is 0 Å². The van der Waals surface area contributed by atoms with Gasteiger partial charge in [-0.3, -0.25) is 4.79 Å². The van der Waals surface area contributed by atoms with Crippen molar-refractivity contribution in [2.45, 2.75) is 45.7 Å². The van der Waals surface area contributed by atoms with Crippen molar-refractivity contribution >= 4 is 17.0 Å². The van der Waals surface area contributed by atoms with Crippen LogP contribution in [0.25, 0.3) is 16.7 Å². The van der Waals surface area contributed by atoms with Crippen LogP contribution in [0, 0.1) is 0 Å². The van der Waals surface area contributed by atoms with Crippen LogP contribution >= 0.6 is 0 Å². The number of methoxy groups -OCH3 is 1. The van der Waals surface area contributed by atoms with Crippen molar-refractivity contribution in [2.24, 2.45) is 0 Å². The van der Waals surface area contributed by atoms with E-state index in [1.807, 2.05) is 26.8 Å². The van der Waals surface area contributed by atoms with Gasteiger partial charge in [0, 0.05) is 12.0 Å². The van der Waals surface area contributed by atoms with Gasteiger partial charge in [-0.25, -0.2) is 4.39 Å². The van der Waals surface area contributed by atoms with Gasteiger partial charge in [-0.05, 0) is 41.2 Å². The summed E-state index contributed by atoms with van der Waals surface area (Å²) >= 11 is 0. The monoisotopic (exact) mass is 385 g/mol. The molecule has 0 aliphatic heterocycles. The highest BCUT2D eigenvalue weighted by Crippen LogP contribution is 2.36. The minimum atomic E-state index is -0.578. The van der Waals surface area contributed by atoms with E-state index in [1.165, 1.54) is 11.9 Å². The Balaban J connectivity index is 2.11. The quantitative estimate of drug-likeness (QED) is 0.672. The molecule has 7 heteroatoms. The van der Waals surface area contributed by atoms with Gasteiger partial charge in [0.15, 0.2) is 0 Å². The number of benzene rings is 2. The predicted molar refractivity (Wildman–Crippen MR) is 104 cm³/mol. The molecule has 1 N–H and O–H groups in total. The van der Waals surface area contributed by atoms with Crippen molar-refractivity contribution in [3.63, 3.8) is 0 Å². The summed E-state index contributed by atoms with van der Waals surface area (Å²) in [4.78, 5) is 12.9. The van der Waals surface area contributed by atoms with Crippen molar-refractivity contribution in [1.29, 1.82) is 0 Å². The molecule has 0 spiro atoms. The summed E-state index contributed by atoms with van der Waals surface area (Å²) in [5, 5.41) is 19.7. The maximum Gasteiger partial charge on any atom is 0.305 e. The average Bonchev–Trinajstić information content (AvgIpc) is 3.08. The lowest BCUT2D eigenvalue weighted by atomic mass is 9.84. The topological polar surface area (TPSA) is 77.2 Å². The van der Waals surface area contributed by atoms with Gasteiger partial charge in [-0.2, -0.15) is 0 Å². The molecule has 0 amide bonds. The van der Waals surface area contributed by atoms with Gasteiger partial charge in [0.05, 0.1) is 7.11 Å². The molecule has 28 heavy (non-hydrogen) atoms. The number of aromatic nitrogens is 3. The molecular formula is C21H24FN3O3. The Hall–Kier alpha value is -2.96. The standard InChI is InChI=1S/C21H24FN3O3/c1-21(2,3)15-9-13(6-8-19(26)28-4)11-18(20(15)27)25-23-16-7-5-14(12-22)10-17(16)24-25/h5,7,9-11,27H,6,8,12H2,1-4H3. The Bertz CT molecular complexity index is 1020. The van der Waals surface area contributed by atoms with Crippen LogP contribution in [0.5, 0.6) is 5.75 Å². The van der Waals surface area contributed by atoms with Crippen LogP contribution in [-0.2, 0) is 28.0 Å². The summed E-state index contributed by atoms with van der Waals surface area (Å²) in [7, 11) is 1.36. The van der Waals surface area contributed by atoms with Crippen LogP contribution < -0.4 is 0 Å². The molecule has 0 radical (unpaired) electrons. The number of esters is 1. The highest BCUT2D eigenvalue weighted by atomic mass is 19.1. The Morgan fingerprint density at radius 3 is 2.50 bits per heavy atom. The van der Waals surface area contributed by atoms with E-state index < -0.39 is 6.67 Å². The molecule has 0 bridgehead atoms. The van der Waals surface area contributed by atoms with E-state index in [2.05, 4.69) is 10.2 Å². The second-order valence-corrected chi connectivity index (χ2v) is 7.78. The van der Waals surface area contributed by atoms with E-state index in [0.29, 0.717) is 28.7 Å². The number of carbonyl (C=O) groups is 1. The van der Waals surface area contributed by atoms with Gasteiger partial charge in [0.25, 0.3) is 0 Å². The number of rotatable bonds is 5. The molecule has 0 atom stereocenters. The molecule has 0 unspecified atom stereocenters. The first kappa shape index (κ1) is 19.8. The van der Waals surface area contributed by atoms with Crippen molar-refractivity contribution in [3.8, 4) is 11.4 Å². The molecule has 0 saturated carbocycles. The second-order valence-electron chi connectivity index (χ2n) is 7.78. The first-order valence-electron chi connectivity index (χ1n) is 9.08. The van der Waals surface area contributed by atoms with E-state index in [1.54, 1.807) is 24.3 Å². The van der Waals surface area contributed by atoms with Crippen LogP contribution in [0.15, 0.2) is 30.3 Å². The number of nitrogens with zero attached hydrogens (tertiary/aromatic N) is 3. The zero-order valence-corrected chi connectivity index (χ0v) is 16.5. The van der Waals surface area contributed by atoms with E-state index in [0.717, 1.165) is 11.1 Å². The number of hydrogen-bond acceptors (Lipinski definition) is 5. The van der Waals surface area contributed by atoms with E-state index in [9.17, 15) is 14.3 Å². The number of phenols is 1. The maximum absolute atomic E-state index is 12.9. The van der Waals surface area contributed by atoms with Crippen molar-refractivity contribution in [2.75, 3.05) is 7.11 Å². The number of carbonyl (C=O) groups excluding carboxylic acids is 1. The number of aryl methyl sites for hydroxylation is 1. The number of halogens is 1. The molecule has 0 fully saturated rings. The first-order valence-corrected chi connectivity index (χ1v) is 9.08. The van der Waals surface area contributed by atoms with E-state index in [-0.39, 0.29) is 23.6 Å². The SMILES string of the molecule is COC(=O)CCc1cc(-n2nc3ccc(CF)cc3n2)c(O)c(C(C)(C)C)c1. The van der Waals surface area contributed by atoms with Gasteiger partial charge in [-0.1, -0.05) is 32.9 Å². The van der Waals surface area contributed by atoms with Gasteiger partial charge >= 0.3 is 5.97 Å². The maximum atomic E-state index is 12.9. The summed E-state index contributed by atoms with van der Waals surface area (Å²) < 4.78 is 17.7. The molecule has 0 saturated heterocycles. The molecule has 3 aromatic rings. The molecule has 0 aliphatic carbocycles. The molecule has 2 aromatic carbocycles. The lowest BCUT2D eigenvalue weighted by Crippen LogP contribution is -2.14. The Labute approximate surface area is 162 Å². The number of hydrogen-bond donors (Lipinski definition) is 1. The normalized spacial score (nSPS) is 11.8. The summed E-state index contributed by atoms with van der Waals surface area (Å²) in [5.41, 5.74) is 3.37. The van der Waals surface area contributed by atoms with Crippen LogP contribution in [0.1, 0.15) is 43.9 Å². The molecule has 0 aliphatic rings. The summed E-state index contributed by atoms with van der Waals surface area (Å²) in [6, 6.07) is 8.67. The van der Waals surface area contributed by atoms with Crippen LogP contribution in [0.4, 0.5) is 4.39 Å². The summed E-state index contributed by atoms with van der Waals surface area (Å²) in [6.07, 6.45) is 0.703. The number of alkyl halides is 1. The molecule has 1 heterocycles. The first-order chi connectivity index (χ1) is 13.2. The zero-order valence-electron chi connectivity index (χ0n) is 16.5. The molecule has 1 aromatic heterocycles. The summed E-state index contributed by atoms with van der Waals surface area (Å²) in [6.45, 7) is 5.41. The predicted octanol–water partition coefficient (Wildman–Crippen LogP) is 4.00. The highest BCUT2D eigenvalue weighted by Gasteiger charge is 2.23. The highest BCUT2D eigenvalue weighted by molar-refractivity contribution is 5.75. The number of phenolic OH excluding ortho intramolecular Hbond substituents is 1. The van der Waals surface area contributed by atoms with E-state index in [4.69, 9.17) is 4.74 Å². The molecular weight excluding hydrogens is 361 g/mol. The van der Waals surface area contributed by atoms with Gasteiger partial charge in [0.1, 0.15) is 29.1 Å². The van der Waals surface area contributed by atoms with Crippen molar-refractivity contribution < 1.29 is 19.0 Å². The van der Waals surface area contributed by atoms with E-state index >= 15 is 0 Å². The van der Waals surface area contributed by atoms with Gasteiger partial charge < -0.3 is 9.84 Å². The lowest BCUT2D eigenvalue weighted by molar-refractivity contribution is -0.140. The summed E-state index contributed by atoms with van der Waals surface area (Å²) in [5.74, 6) is -0.214.